The minimum Gasteiger partial charge on any atom is -0.409 e. The van der Waals surface area contributed by atoms with E-state index in [9.17, 15) is 4.79 Å². The van der Waals surface area contributed by atoms with Gasteiger partial charge in [0, 0.05) is 0 Å². The molecule has 1 fully saturated rings. The summed E-state index contributed by atoms with van der Waals surface area (Å²) >= 11 is 0. The van der Waals surface area contributed by atoms with Crippen molar-refractivity contribution in [3.63, 3.8) is 0 Å². The fourth-order valence-electron chi connectivity index (χ4n) is 1.92. The van der Waals surface area contributed by atoms with Crippen LogP contribution in [0.2, 0.25) is 0 Å². The summed E-state index contributed by atoms with van der Waals surface area (Å²) in [4.78, 5) is 12.2. The molecule has 7 nitrogen and oxygen atoms in total. The molecular formula is C12H17N5O2. The highest BCUT2D eigenvalue weighted by Gasteiger charge is 2.35. The topological polar surface area (TPSA) is 113 Å². The number of nitrogens with one attached hydrogen (secondary N) is 1. The number of aryl methyl sites for hydroxylation is 2. The van der Waals surface area contributed by atoms with Gasteiger partial charge in [-0.05, 0) is 38.7 Å². The Hall–Kier alpha value is -2.18. The van der Waals surface area contributed by atoms with E-state index in [0.29, 0.717) is 17.0 Å². The Morgan fingerprint density at radius 3 is 2.79 bits per heavy atom. The molecule has 1 saturated carbocycles. The van der Waals surface area contributed by atoms with Gasteiger partial charge >= 0.3 is 0 Å². The molecule has 19 heavy (non-hydrogen) atoms. The average molecular weight is 263 g/mol. The number of hydrogen-bond acceptors (Lipinski definition) is 5. The van der Waals surface area contributed by atoms with Gasteiger partial charge in [0.1, 0.15) is 0 Å². The van der Waals surface area contributed by atoms with Gasteiger partial charge in [0.25, 0.3) is 5.91 Å². The third-order valence-electron chi connectivity index (χ3n) is 3.16. The maximum absolute atomic E-state index is 12.2. The number of nitrogens with two attached hydrogens (primary N) is 1. The SMILES string of the molecule is Cc1cc(C(=O)NC(/C(N)=N/O)C2CC2)c(C)nn1. The molecule has 0 saturated heterocycles. The lowest BCUT2D eigenvalue weighted by atomic mass is 10.1. The van der Waals surface area contributed by atoms with E-state index in [-0.39, 0.29) is 17.7 Å². The van der Waals surface area contributed by atoms with Gasteiger partial charge in [-0.1, -0.05) is 5.16 Å². The number of amides is 1. The van der Waals surface area contributed by atoms with E-state index >= 15 is 0 Å². The Balaban J connectivity index is 2.17. The summed E-state index contributed by atoms with van der Waals surface area (Å²) in [5.41, 5.74) is 7.29. The lowest BCUT2D eigenvalue weighted by Gasteiger charge is -2.17. The standard InChI is InChI=1S/C12H17N5O2/c1-6-5-9(7(2)16-15-6)12(18)14-10(8-3-4-8)11(13)17-19/h5,8,10,19H,3-4H2,1-2H3,(H2,13,17)(H,14,18). The van der Waals surface area contributed by atoms with Crippen molar-refractivity contribution in [2.24, 2.45) is 16.8 Å². The molecule has 1 aromatic rings. The number of rotatable bonds is 4. The first-order valence-electron chi connectivity index (χ1n) is 6.12. The Bertz CT molecular complexity index is 525. The molecule has 0 aromatic carbocycles. The summed E-state index contributed by atoms with van der Waals surface area (Å²) in [6, 6.07) is 1.25. The number of amidine groups is 1. The van der Waals surface area contributed by atoms with Gasteiger partial charge in [0.05, 0.1) is 23.0 Å². The third-order valence-corrected chi connectivity index (χ3v) is 3.16. The minimum atomic E-state index is -0.426. The number of nitrogens with zero attached hydrogens (tertiary/aromatic N) is 3. The molecule has 1 heterocycles. The van der Waals surface area contributed by atoms with Crippen LogP contribution in [0.25, 0.3) is 0 Å². The molecule has 1 aliphatic rings. The van der Waals surface area contributed by atoms with Crippen molar-refractivity contribution in [3.05, 3.63) is 23.0 Å². The molecule has 0 aliphatic heterocycles. The molecule has 0 spiro atoms. The van der Waals surface area contributed by atoms with E-state index in [0.717, 1.165) is 12.8 Å². The Kier molecular flexibility index (Phi) is 3.64. The number of carbonyl (C=O) groups is 1. The van der Waals surface area contributed by atoms with E-state index < -0.39 is 6.04 Å². The molecule has 2 rings (SSSR count). The molecule has 7 heteroatoms. The third kappa shape index (κ3) is 2.98. The maximum atomic E-state index is 12.2. The summed E-state index contributed by atoms with van der Waals surface area (Å²) in [6.45, 7) is 3.49. The highest BCUT2D eigenvalue weighted by atomic mass is 16.4. The molecule has 1 unspecified atom stereocenters. The predicted molar refractivity (Wildman–Crippen MR) is 68.9 cm³/mol. The number of carbonyl (C=O) groups excluding carboxylic acids is 1. The molecule has 0 radical (unpaired) electrons. The average Bonchev–Trinajstić information content (AvgIpc) is 3.22. The Morgan fingerprint density at radius 1 is 1.53 bits per heavy atom. The van der Waals surface area contributed by atoms with Crippen LogP contribution in [0, 0.1) is 19.8 Å². The molecule has 1 amide bonds. The quantitative estimate of drug-likeness (QED) is 0.314. The van der Waals surface area contributed by atoms with Crippen LogP contribution in [-0.2, 0) is 0 Å². The highest BCUT2D eigenvalue weighted by molar-refractivity contribution is 5.99. The van der Waals surface area contributed by atoms with E-state index in [4.69, 9.17) is 10.9 Å². The highest BCUT2D eigenvalue weighted by Crippen LogP contribution is 2.32. The smallest absolute Gasteiger partial charge is 0.253 e. The zero-order chi connectivity index (χ0) is 14.0. The molecule has 1 aliphatic carbocycles. The van der Waals surface area contributed by atoms with Crippen LogP contribution in [0.3, 0.4) is 0 Å². The second-order valence-electron chi connectivity index (χ2n) is 4.80. The van der Waals surface area contributed by atoms with Crippen molar-refractivity contribution in [1.82, 2.24) is 15.5 Å². The number of hydrogen-bond donors (Lipinski definition) is 3. The van der Waals surface area contributed by atoms with Gasteiger partial charge in [-0.2, -0.15) is 10.2 Å². The van der Waals surface area contributed by atoms with Crippen LogP contribution in [0.15, 0.2) is 11.2 Å². The largest absolute Gasteiger partial charge is 0.409 e. The molecule has 1 aromatic heterocycles. The lowest BCUT2D eigenvalue weighted by Crippen LogP contribution is -2.46. The first-order chi connectivity index (χ1) is 9.02. The maximum Gasteiger partial charge on any atom is 0.253 e. The predicted octanol–water partition coefficient (Wildman–Crippen LogP) is 0.348. The summed E-state index contributed by atoms with van der Waals surface area (Å²) in [5, 5.41) is 22.3. The van der Waals surface area contributed by atoms with E-state index in [1.165, 1.54) is 0 Å². The molecule has 1 atom stereocenters. The summed E-state index contributed by atoms with van der Waals surface area (Å²) in [5.74, 6) is 0.00212. The molecule has 4 N–H and O–H groups in total. The lowest BCUT2D eigenvalue weighted by molar-refractivity contribution is 0.0941. The van der Waals surface area contributed by atoms with Crippen molar-refractivity contribution in [1.29, 1.82) is 0 Å². The minimum absolute atomic E-state index is 0.0345. The van der Waals surface area contributed by atoms with Gasteiger partial charge in [0.2, 0.25) is 0 Å². The van der Waals surface area contributed by atoms with Crippen LogP contribution in [0.4, 0.5) is 0 Å². The summed E-state index contributed by atoms with van der Waals surface area (Å²) in [6.07, 6.45) is 1.93. The number of aromatic nitrogens is 2. The summed E-state index contributed by atoms with van der Waals surface area (Å²) < 4.78 is 0. The van der Waals surface area contributed by atoms with Crippen molar-refractivity contribution in [2.45, 2.75) is 32.7 Å². The second kappa shape index (κ2) is 5.21. The van der Waals surface area contributed by atoms with Crippen molar-refractivity contribution in [3.8, 4) is 0 Å². The fraction of sp³-hybridized carbons (Fsp3) is 0.500. The first kappa shape index (κ1) is 13.3. The van der Waals surface area contributed by atoms with Crippen molar-refractivity contribution >= 4 is 11.7 Å². The van der Waals surface area contributed by atoms with E-state index in [1.54, 1.807) is 19.9 Å². The van der Waals surface area contributed by atoms with E-state index in [2.05, 4.69) is 20.7 Å². The normalized spacial score (nSPS) is 17.1. The zero-order valence-corrected chi connectivity index (χ0v) is 10.9. The van der Waals surface area contributed by atoms with Crippen LogP contribution in [0.5, 0.6) is 0 Å². The summed E-state index contributed by atoms with van der Waals surface area (Å²) in [7, 11) is 0. The van der Waals surface area contributed by atoms with Gasteiger partial charge in [-0.15, -0.1) is 0 Å². The van der Waals surface area contributed by atoms with Gasteiger partial charge in [-0.25, -0.2) is 0 Å². The van der Waals surface area contributed by atoms with Crippen LogP contribution >= 0.6 is 0 Å². The molecular weight excluding hydrogens is 246 g/mol. The van der Waals surface area contributed by atoms with Crippen LogP contribution < -0.4 is 11.1 Å². The molecule has 102 valence electrons. The molecule has 0 bridgehead atoms. The second-order valence-corrected chi connectivity index (χ2v) is 4.80. The zero-order valence-electron chi connectivity index (χ0n) is 10.9. The number of oxime groups is 1. The Morgan fingerprint density at radius 2 is 2.21 bits per heavy atom. The van der Waals surface area contributed by atoms with E-state index in [1.807, 2.05) is 0 Å². The Labute approximate surface area is 110 Å². The fourth-order valence-corrected chi connectivity index (χ4v) is 1.92. The van der Waals surface area contributed by atoms with Crippen molar-refractivity contribution < 1.29 is 10.0 Å². The van der Waals surface area contributed by atoms with Gasteiger partial charge in [-0.3, -0.25) is 4.79 Å². The monoisotopic (exact) mass is 263 g/mol. The van der Waals surface area contributed by atoms with Crippen LogP contribution in [-0.4, -0.2) is 33.2 Å². The van der Waals surface area contributed by atoms with Crippen molar-refractivity contribution in [2.75, 3.05) is 0 Å². The first-order valence-corrected chi connectivity index (χ1v) is 6.12. The van der Waals surface area contributed by atoms with Gasteiger partial charge < -0.3 is 16.3 Å². The van der Waals surface area contributed by atoms with Crippen LogP contribution in [0.1, 0.15) is 34.6 Å². The van der Waals surface area contributed by atoms with Gasteiger partial charge in [0.15, 0.2) is 5.84 Å².